The summed E-state index contributed by atoms with van der Waals surface area (Å²) in [5, 5.41) is 27.7. The maximum absolute atomic E-state index is 11.1. The molecule has 0 spiro atoms. The molecule has 0 radical (unpaired) electrons. The van der Waals surface area contributed by atoms with E-state index in [-0.39, 0.29) is 32.8 Å². The molecule has 1 fully saturated rings. The molecule has 0 unspecified atom stereocenters. The number of rotatable bonds is 8. The van der Waals surface area contributed by atoms with Gasteiger partial charge in [-0.15, -0.1) is 0 Å². The summed E-state index contributed by atoms with van der Waals surface area (Å²) >= 11 is 0. The Hall–Kier alpha value is -2.46. The van der Waals surface area contributed by atoms with Gasteiger partial charge in [0.05, 0.1) is 19.5 Å². The van der Waals surface area contributed by atoms with E-state index >= 15 is 0 Å². The maximum atomic E-state index is 11.1. The molecular formula is C16H24N6O4. The van der Waals surface area contributed by atoms with Crippen molar-refractivity contribution in [3.8, 4) is 0 Å². The molecule has 1 aliphatic rings. The second-order valence-corrected chi connectivity index (χ2v) is 6.27. The van der Waals surface area contributed by atoms with Crippen LogP contribution in [0.2, 0.25) is 0 Å². The Morgan fingerprint density at radius 3 is 2.42 bits per heavy atom. The number of hydrogen-bond donors (Lipinski definition) is 3. The fourth-order valence-corrected chi connectivity index (χ4v) is 3.20. The van der Waals surface area contributed by atoms with Gasteiger partial charge in [-0.1, -0.05) is 0 Å². The van der Waals surface area contributed by atoms with E-state index in [0.717, 1.165) is 25.9 Å². The highest BCUT2D eigenvalue weighted by Gasteiger charge is 2.22. The number of hydrogen-bond acceptors (Lipinski definition) is 8. The number of carboxylic acids is 1. The van der Waals surface area contributed by atoms with Crippen molar-refractivity contribution in [2.75, 3.05) is 49.2 Å². The topological polar surface area (TPSA) is 128 Å². The highest BCUT2D eigenvalue weighted by atomic mass is 16.4. The van der Waals surface area contributed by atoms with E-state index in [9.17, 15) is 15.0 Å². The molecule has 0 atom stereocenters. The number of anilines is 2. The molecule has 26 heavy (non-hydrogen) atoms. The van der Waals surface area contributed by atoms with Crippen molar-refractivity contribution < 1.29 is 20.1 Å². The lowest BCUT2D eigenvalue weighted by Gasteiger charge is -2.29. The number of carboxylic acid groups (broad SMARTS) is 1. The summed E-state index contributed by atoms with van der Waals surface area (Å²) in [5.41, 5.74) is 1.02. The van der Waals surface area contributed by atoms with Crippen molar-refractivity contribution in [2.24, 2.45) is 0 Å². The highest BCUT2D eigenvalue weighted by molar-refractivity contribution is 5.86. The third kappa shape index (κ3) is 3.86. The van der Waals surface area contributed by atoms with Crippen LogP contribution in [0.3, 0.4) is 0 Å². The summed E-state index contributed by atoms with van der Waals surface area (Å²) < 4.78 is 1.48. The summed E-state index contributed by atoms with van der Waals surface area (Å²) in [6.07, 6.45) is 4.76. The molecule has 0 aliphatic carbocycles. The Morgan fingerprint density at radius 1 is 1.12 bits per heavy atom. The fraction of sp³-hybridized carbons (Fsp3) is 0.625. The number of carbonyl (C=O) groups is 1. The van der Waals surface area contributed by atoms with Crippen molar-refractivity contribution in [1.82, 2.24) is 19.5 Å². The van der Waals surface area contributed by atoms with Gasteiger partial charge in [0.1, 0.15) is 6.54 Å². The summed E-state index contributed by atoms with van der Waals surface area (Å²) in [4.78, 5) is 28.5. The van der Waals surface area contributed by atoms with Crippen LogP contribution >= 0.6 is 0 Å². The third-order valence-corrected chi connectivity index (χ3v) is 4.42. The van der Waals surface area contributed by atoms with Gasteiger partial charge < -0.3 is 29.7 Å². The van der Waals surface area contributed by atoms with Gasteiger partial charge in [0.15, 0.2) is 17.0 Å². The molecule has 0 saturated carbocycles. The van der Waals surface area contributed by atoms with E-state index in [1.165, 1.54) is 17.3 Å². The van der Waals surface area contributed by atoms with Crippen LogP contribution in [0, 0.1) is 0 Å². The van der Waals surface area contributed by atoms with Crippen LogP contribution in [0.15, 0.2) is 6.33 Å². The Balaban J connectivity index is 2.09. The minimum Gasteiger partial charge on any atom is -0.480 e. The SMILES string of the molecule is O=C(O)Cn1cnc2c(N3CCCCC3)nc(N(CCO)CCO)nc21. The Morgan fingerprint density at radius 2 is 1.81 bits per heavy atom. The molecule has 1 aliphatic heterocycles. The van der Waals surface area contributed by atoms with Gasteiger partial charge in [0.2, 0.25) is 5.95 Å². The van der Waals surface area contributed by atoms with Crippen LogP contribution in [-0.2, 0) is 11.3 Å². The normalized spacial score (nSPS) is 14.8. The van der Waals surface area contributed by atoms with E-state index in [1.807, 2.05) is 0 Å². The van der Waals surface area contributed by atoms with Gasteiger partial charge in [-0.3, -0.25) is 4.79 Å². The van der Waals surface area contributed by atoms with E-state index in [0.29, 0.717) is 22.9 Å². The number of aliphatic carboxylic acids is 1. The summed E-state index contributed by atoms with van der Waals surface area (Å²) in [7, 11) is 0. The maximum Gasteiger partial charge on any atom is 0.323 e. The lowest BCUT2D eigenvalue weighted by molar-refractivity contribution is -0.137. The molecule has 0 amide bonds. The quantitative estimate of drug-likeness (QED) is 0.578. The van der Waals surface area contributed by atoms with Crippen LogP contribution in [0.5, 0.6) is 0 Å². The molecule has 3 heterocycles. The molecule has 1 saturated heterocycles. The molecule has 2 aromatic rings. The predicted octanol–water partition coefficient (Wildman–Crippen LogP) is -0.308. The molecule has 0 aromatic carbocycles. The average molecular weight is 364 g/mol. The second-order valence-electron chi connectivity index (χ2n) is 6.27. The summed E-state index contributed by atoms with van der Waals surface area (Å²) in [6.45, 7) is 1.82. The van der Waals surface area contributed by atoms with E-state index in [4.69, 9.17) is 5.11 Å². The number of aromatic nitrogens is 4. The van der Waals surface area contributed by atoms with Gasteiger partial charge in [0.25, 0.3) is 0 Å². The van der Waals surface area contributed by atoms with Crippen LogP contribution in [0.1, 0.15) is 19.3 Å². The first-order valence-corrected chi connectivity index (χ1v) is 8.80. The smallest absolute Gasteiger partial charge is 0.323 e. The zero-order valence-corrected chi connectivity index (χ0v) is 14.6. The lowest BCUT2D eigenvalue weighted by atomic mass is 10.1. The number of aliphatic hydroxyl groups excluding tert-OH is 2. The molecule has 2 aromatic heterocycles. The monoisotopic (exact) mass is 364 g/mol. The van der Waals surface area contributed by atoms with E-state index < -0.39 is 5.97 Å². The zero-order chi connectivity index (χ0) is 18.5. The largest absolute Gasteiger partial charge is 0.480 e. The van der Waals surface area contributed by atoms with Gasteiger partial charge in [-0.05, 0) is 19.3 Å². The molecule has 10 nitrogen and oxygen atoms in total. The predicted molar refractivity (Wildman–Crippen MR) is 95.4 cm³/mol. The van der Waals surface area contributed by atoms with Crippen molar-refractivity contribution in [3.63, 3.8) is 0 Å². The van der Waals surface area contributed by atoms with E-state index in [1.54, 1.807) is 4.90 Å². The van der Waals surface area contributed by atoms with Crippen molar-refractivity contribution in [1.29, 1.82) is 0 Å². The average Bonchev–Trinajstić information content (AvgIpc) is 3.04. The Labute approximate surface area is 150 Å². The zero-order valence-electron chi connectivity index (χ0n) is 14.6. The first-order chi connectivity index (χ1) is 12.6. The van der Waals surface area contributed by atoms with Gasteiger partial charge >= 0.3 is 5.97 Å². The fourth-order valence-electron chi connectivity index (χ4n) is 3.20. The standard InChI is InChI=1S/C16H24N6O4/c23-8-6-21(7-9-24)16-18-14(20-4-2-1-3-5-20)13-15(19-16)22(11-17-13)10-12(25)26/h11,23-24H,1-10H2,(H,25,26). The van der Waals surface area contributed by atoms with Crippen molar-refractivity contribution in [2.45, 2.75) is 25.8 Å². The molecule has 142 valence electrons. The first-order valence-electron chi connectivity index (χ1n) is 8.80. The highest BCUT2D eigenvalue weighted by Crippen LogP contribution is 2.28. The number of aliphatic hydroxyl groups is 2. The van der Waals surface area contributed by atoms with Crippen LogP contribution in [0.25, 0.3) is 11.2 Å². The third-order valence-electron chi connectivity index (χ3n) is 4.42. The van der Waals surface area contributed by atoms with Gasteiger partial charge in [-0.2, -0.15) is 9.97 Å². The molecule has 10 heteroatoms. The number of piperidine rings is 1. The lowest BCUT2D eigenvalue weighted by Crippen LogP contribution is -2.34. The summed E-state index contributed by atoms with van der Waals surface area (Å²) in [5.74, 6) is 0.0505. The molecule has 3 N–H and O–H groups in total. The summed E-state index contributed by atoms with van der Waals surface area (Å²) in [6, 6.07) is 0. The van der Waals surface area contributed by atoms with Crippen LogP contribution in [0.4, 0.5) is 11.8 Å². The molecule has 3 rings (SSSR count). The molecular weight excluding hydrogens is 340 g/mol. The minimum atomic E-state index is -0.980. The van der Waals surface area contributed by atoms with Gasteiger partial charge in [-0.25, -0.2) is 4.98 Å². The van der Waals surface area contributed by atoms with Crippen molar-refractivity contribution >= 4 is 28.9 Å². The Kier molecular flexibility index (Phi) is 5.84. The Bertz CT molecular complexity index is 753. The molecule has 0 bridgehead atoms. The van der Waals surface area contributed by atoms with Crippen molar-refractivity contribution in [3.05, 3.63) is 6.33 Å². The second kappa shape index (κ2) is 8.28. The number of nitrogens with zero attached hydrogens (tertiary/aromatic N) is 6. The van der Waals surface area contributed by atoms with E-state index in [2.05, 4.69) is 19.9 Å². The van der Waals surface area contributed by atoms with Crippen LogP contribution < -0.4 is 9.80 Å². The number of imidazole rings is 1. The minimum absolute atomic E-state index is 0.102. The number of fused-ring (bicyclic) bond motifs is 1. The van der Waals surface area contributed by atoms with Crippen LogP contribution in [-0.4, -0.2) is 80.2 Å². The van der Waals surface area contributed by atoms with Gasteiger partial charge in [0, 0.05) is 26.2 Å². The first kappa shape index (κ1) is 18.3.